The Morgan fingerprint density at radius 2 is 1.86 bits per heavy atom. The van der Waals surface area contributed by atoms with Gasteiger partial charge in [-0.1, -0.05) is 39.0 Å². The largest absolute Gasteiger partial charge is 0.462 e. The summed E-state index contributed by atoms with van der Waals surface area (Å²) in [5.41, 5.74) is 1.72. The molecule has 0 radical (unpaired) electrons. The van der Waals surface area contributed by atoms with Gasteiger partial charge in [0.05, 0.1) is 29.2 Å². The standard InChI is InChI=1S/C22H23NO4S2/c1-4-11-27-22(26)16-9-7-15(8-10-16)13-23-20(24)18(17-6-5-12-28-17)19(21(23)25)29-14(2)3/h5-10,12,14H,4,11,13H2,1-3H3. The van der Waals surface area contributed by atoms with Crippen LogP contribution in [0, 0.1) is 0 Å². The second-order valence-corrected chi connectivity index (χ2v) is 9.41. The lowest BCUT2D eigenvalue weighted by molar-refractivity contribution is -0.137. The second kappa shape index (κ2) is 9.41. The summed E-state index contributed by atoms with van der Waals surface area (Å²) < 4.78 is 5.13. The van der Waals surface area contributed by atoms with E-state index >= 15 is 0 Å². The summed E-state index contributed by atoms with van der Waals surface area (Å²) in [7, 11) is 0. The highest BCUT2D eigenvalue weighted by molar-refractivity contribution is 8.04. The fourth-order valence-electron chi connectivity index (χ4n) is 2.89. The third-order valence-electron chi connectivity index (χ3n) is 4.21. The summed E-state index contributed by atoms with van der Waals surface area (Å²) in [5, 5.41) is 2.08. The Balaban J connectivity index is 1.79. The first-order valence-corrected chi connectivity index (χ1v) is 11.2. The third-order valence-corrected chi connectivity index (χ3v) is 6.19. The molecule has 3 rings (SSSR count). The van der Waals surface area contributed by atoms with Crippen molar-refractivity contribution in [3.8, 4) is 0 Å². The van der Waals surface area contributed by atoms with Crippen molar-refractivity contribution in [3.63, 3.8) is 0 Å². The van der Waals surface area contributed by atoms with E-state index in [0.717, 1.165) is 16.9 Å². The van der Waals surface area contributed by atoms with E-state index in [4.69, 9.17) is 4.74 Å². The predicted molar refractivity (Wildman–Crippen MR) is 117 cm³/mol. The molecule has 152 valence electrons. The monoisotopic (exact) mass is 429 g/mol. The first kappa shape index (κ1) is 21.3. The van der Waals surface area contributed by atoms with Crippen molar-refractivity contribution >= 4 is 46.5 Å². The zero-order chi connectivity index (χ0) is 21.0. The normalized spacial score (nSPS) is 14.3. The quantitative estimate of drug-likeness (QED) is 0.448. The lowest BCUT2D eigenvalue weighted by Crippen LogP contribution is -2.31. The van der Waals surface area contributed by atoms with Crippen LogP contribution in [-0.4, -0.2) is 34.5 Å². The van der Waals surface area contributed by atoms with Gasteiger partial charge in [-0.3, -0.25) is 14.5 Å². The van der Waals surface area contributed by atoms with Gasteiger partial charge in [-0.2, -0.15) is 0 Å². The van der Waals surface area contributed by atoms with Crippen molar-refractivity contribution < 1.29 is 19.1 Å². The summed E-state index contributed by atoms with van der Waals surface area (Å²) >= 11 is 2.88. The number of rotatable bonds is 8. The maximum Gasteiger partial charge on any atom is 0.338 e. The average molecular weight is 430 g/mol. The maximum absolute atomic E-state index is 13.1. The Morgan fingerprint density at radius 1 is 1.14 bits per heavy atom. The van der Waals surface area contributed by atoms with Crippen LogP contribution in [0.4, 0.5) is 0 Å². The highest BCUT2D eigenvalue weighted by Gasteiger charge is 2.39. The average Bonchev–Trinajstić information content (AvgIpc) is 3.29. The first-order chi connectivity index (χ1) is 13.9. The number of nitrogens with zero attached hydrogens (tertiary/aromatic N) is 1. The highest BCUT2D eigenvalue weighted by atomic mass is 32.2. The molecular weight excluding hydrogens is 406 g/mol. The number of amides is 2. The third kappa shape index (κ3) is 4.79. The number of carbonyl (C=O) groups excluding carboxylic acids is 3. The molecule has 2 aromatic rings. The Bertz CT molecular complexity index is 930. The number of carbonyl (C=O) groups is 3. The molecule has 0 spiro atoms. The Kier molecular flexibility index (Phi) is 6.92. The van der Waals surface area contributed by atoms with Gasteiger partial charge in [-0.05, 0) is 35.6 Å². The molecule has 29 heavy (non-hydrogen) atoms. The number of benzene rings is 1. The SMILES string of the molecule is CCCOC(=O)c1ccc(CN2C(=O)C(SC(C)C)=C(c3cccs3)C2=O)cc1. The molecule has 2 amide bonds. The Hall–Kier alpha value is -2.38. The second-order valence-electron chi connectivity index (χ2n) is 6.88. The van der Waals surface area contributed by atoms with Crippen LogP contribution in [0.2, 0.25) is 0 Å². The van der Waals surface area contributed by atoms with Crippen LogP contribution in [0.15, 0.2) is 46.7 Å². The first-order valence-electron chi connectivity index (χ1n) is 9.49. The molecule has 1 aliphatic rings. The van der Waals surface area contributed by atoms with E-state index in [1.54, 1.807) is 24.3 Å². The smallest absolute Gasteiger partial charge is 0.338 e. The van der Waals surface area contributed by atoms with Crippen LogP contribution in [-0.2, 0) is 20.9 Å². The minimum atomic E-state index is -0.371. The number of esters is 1. The molecule has 2 heterocycles. The molecule has 0 N–H and O–H groups in total. The van der Waals surface area contributed by atoms with E-state index in [1.807, 2.05) is 38.3 Å². The Morgan fingerprint density at radius 3 is 2.45 bits per heavy atom. The molecule has 0 aliphatic carbocycles. The fourth-order valence-corrected chi connectivity index (χ4v) is 4.72. The topological polar surface area (TPSA) is 63.7 Å². The van der Waals surface area contributed by atoms with Gasteiger partial charge in [0, 0.05) is 10.1 Å². The van der Waals surface area contributed by atoms with Crippen molar-refractivity contribution in [1.82, 2.24) is 4.90 Å². The summed E-state index contributed by atoms with van der Waals surface area (Å²) in [6.07, 6.45) is 0.763. The molecule has 5 nitrogen and oxygen atoms in total. The van der Waals surface area contributed by atoms with E-state index in [1.165, 1.54) is 28.0 Å². The van der Waals surface area contributed by atoms with Crippen molar-refractivity contribution in [2.24, 2.45) is 0 Å². The molecule has 1 aromatic heterocycles. The van der Waals surface area contributed by atoms with Gasteiger partial charge in [-0.25, -0.2) is 4.79 Å². The minimum absolute atomic E-state index is 0.166. The van der Waals surface area contributed by atoms with Crippen molar-refractivity contribution in [2.75, 3.05) is 6.61 Å². The van der Waals surface area contributed by atoms with E-state index in [9.17, 15) is 14.4 Å². The van der Waals surface area contributed by atoms with Gasteiger partial charge in [0.1, 0.15) is 0 Å². The molecule has 7 heteroatoms. The molecule has 0 bridgehead atoms. The van der Waals surface area contributed by atoms with Crippen molar-refractivity contribution in [3.05, 3.63) is 62.7 Å². The fraction of sp³-hybridized carbons (Fsp3) is 0.318. The van der Waals surface area contributed by atoms with Crippen molar-refractivity contribution in [2.45, 2.75) is 39.0 Å². The minimum Gasteiger partial charge on any atom is -0.462 e. The number of imide groups is 1. The van der Waals surface area contributed by atoms with Crippen LogP contribution >= 0.6 is 23.1 Å². The van der Waals surface area contributed by atoms with E-state index in [0.29, 0.717) is 22.6 Å². The lowest BCUT2D eigenvalue weighted by atomic mass is 10.1. The number of ether oxygens (including phenoxy) is 1. The predicted octanol–water partition coefficient (Wildman–Crippen LogP) is 4.74. The zero-order valence-corrected chi connectivity index (χ0v) is 18.3. The molecule has 1 aliphatic heterocycles. The van der Waals surface area contributed by atoms with Crippen LogP contribution in [0.1, 0.15) is 48.0 Å². The van der Waals surface area contributed by atoms with E-state index in [-0.39, 0.29) is 29.6 Å². The van der Waals surface area contributed by atoms with Crippen LogP contribution in [0.3, 0.4) is 0 Å². The van der Waals surface area contributed by atoms with Gasteiger partial charge >= 0.3 is 5.97 Å². The molecule has 0 saturated heterocycles. The molecule has 0 unspecified atom stereocenters. The van der Waals surface area contributed by atoms with E-state index in [2.05, 4.69) is 0 Å². The van der Waals surface area contributed by atoms with Gasteiger partial charge < -0.3 is 4.74 Å². The summed E-state index contributed by atoms with van der Waals surface area (Å²) in [6, 6.07) is 10.6. The van der Waals surface area contributed by atoms with Gasteiger partial charge in [0.25, 0.3) is 11.8 Å². The summed E-state index contributed by atoms with van der Waals surface area (Å²) in [6.45, 7) is 6.48. The van der Waals surface area contributed by atoms with Crippen LogP contribution in [0.25, 0.3) is 5.57 Å². The van der Waals surface area contributed by atoms with Gasteiger partial charge in [0.2, 0.25) is 0 Å². The summed E-state index contributed by atoms with van der Waals surface area (Å²) in [5.74, 6) is -0.903. The number of thioether (sulfide) groups is 1. The zero-order valence-electron chi connectivity index (χ0n) is 16.6. The number of hydrogen-bond acceptors (Lipinski definition) is 6. The van der Waals surface area contributed by atoms with Gasteiger partial charge in [-0.15, -0.1) is 23.1 Å². The lowest BCUT2D eigenvalue weighted by Gasteiger charge is -2.15. The Labute approximate surface area is 178 Å². The summed E-state index contributed by atoms with van der Waals surface area (Å²) in [4.78, 5) is 40.6. The number of thiophene rings is 1. The van der Waals surface area contributed by atoms with Crippen LogP contribution in [0.5, 0.6) is 0 Å². The van der Waals surface area contributed by atoms with Gasteiger partial charge in [0.15, 0.2) is 0 Å². The highest BCUT2D eigenvalue weighted by Crippen LogP contribution is 2.39. The molecular formula is C22H23NO4S2. The van der Waals surface area contributed by atoms with E-state index < -0.39 is 0 Å². The molecule has 0 saturated carbocycles. The van der Waals surface area contributed by atoms with Crippen molar-refractivity contribution in [1.29, 1.82) is 0 Å². The molecule has 0 atom stereocenters. The molecule has 1 aromatic carbocycles. The maximum atomic E-state index is 13.1. The molecule has 0 fully saturated rings. The van der Waals surface area contributed by atoms with Crippen LogP contribution < -0.4 is 0 Å². The number of hydrogen-bond donors (Lipinski definition) is 0.